The lowest BCUT2D eigenvalue weighted by Gasteiger charge is -2.32. The van der Waals surface area contributed by atoms with Gasteiger partial charge in [-0.3, -0.25) is 26.4 Å². The molecule has 4 unspecified atom stereocenters. The summed E-state index contributed by atoms with van der Waals surface area (Å²) >= 11 is 1.20. The molecule has 164 valence electrons. The van der Waals surface area contributed by atoms with Crippen molar-refractivity contribution >= 4 is 60.0 Å². The summed E-state index contributed by atoms with van der Waals surface area (Å²) in [6.45, 7) is 4.86. The Balaban J connectivity index is 3.39. The molecule has 4 atom stereocenters. The van der Waals surface area contributed by atoms with Gasteiger partial charge in [0.1, 0.15) is 10.5 Å². The van der Waals surface area contributed by atoms with E-state index in [1.165, 1.54) is 43.5 Å². The van der Waals surface area contributed by atoms with E-state index in [-0.39, 0.29) is 12.8 Å². The van der Waals surface area contributed by atoms with Crippen molar-refractivity contribution in [2.75, 3.05) is 26.7 Å². The van der Waals surface area contributed by atoms with Crippen LogP contribution in [-0.2, 0) is 32.8 Å². The van der Waals surface area contributed by atoms with Crippen LogP contribution in [-0.4, -0.2) is 61.8 Å². The van der Waals surface area contributed by atoms with Gasteiger partial charge in [-0.25, -0.2) is 0 Å². The zero-order valence-electron chi connectivity index (χ0n) is 15.3. The van der Waals surface area contributed by atoms with Gasteiger partial charge in [0.15, 0.2) is 38.9 Å². The largest absolute Gasteiger partial charge is 0.356 e. The molecule has 0 saturated carbocycles. The van der Waals surface area contributed by atoms with Crippen LogP contribution in [0.1, 0.15) is 11.4 Å². The molecule has 0 fully saturated rings. The first-order chi connectivity index (χ1) is 12.9. The van der Waals surface area contributed by atoms with Crippen molar-refractivity contribution in [1.29, 1.82) is 0 Å². The summed E-state index contributed by atoms with van der Waals surface area (Å²) in [5.74, 6) is 0. The van der Waals surface area contributed by atoms with Gasteiger partial charge in [-0.2, -0.15) is 0 Å². The lowest BCUT2D eigenvalue weighted by atomic mass is 10.3. The maximum absolute atomic E-state index is 13.5. The molecule has 0 aromatic carbocycles. The van der Waals surface area contributed by atoms with Crippen molar-refractivity contribution in [3.63, 3.8) is 0 Å². The van der Waals surface area contributed by atoms with Crippen LogP contribution in [0, 0.1) is 0 Å². The molecule has 0 aliphatic rings. The van der Waals surface area contributed by atoms with Crippen molar-refractivity contribution in [2.45, 2.75) is 18.2 Å². The maximum Gasteiger partial charge on any atom is 0.356 e. The van der Waals surface area contributed by atoms with Crippen LogP contribution in [0.4, 0.5) is 0 Å². The van der Waals surface area contributed by atoms with Gasteiger partial charge in [-0.05, 0) is 6.42 Å². The van der Waals surface area contributed by atoms with Crippen LogP contribution in [0.25, 0.3) is 0 Å². The lowest BCUT2D eigenvalue weighted by molar-refractivity contribution is 0.347. The van der Waals surface area contributed by atoms with E-state index in [1.807, 2.05) is 0 Å². The molecule has 0 radical (unpaired) electrons. The second-order valence-corrected chi connectivity index (χ2v) is 16.2. The molecule has 1 aromatic heterocycles. The molecule has 1 aromatic rings. The predicted molar refractivity (Wildman–Crippen MR) is 112 cm³/mol. The number of aryl methyl sites for hydroxylation is 1. The first-order valence-corrected chi connectivity index (χ1v) is 18.1. The monoisotopic (exact) mass is 536 g/mol. The number of nitrogens with zero attached hydrogens (tertiary/aromatic N) is 2. The van der Waals surface area contributed by atoms with Crippen molar-refractivity contribution in [2.24, 2.45) is 0 Å². The molecule has 19 heteroatoms. The van der Waals surface area contributed by atoms with E-state index in [2.05, 4.69) is 10.2 Å². The Morgan fingerprint density at radius 2 is 1.32 bits per heavy atom. The summed E-state index contributed by atoms with van der Waals surface area (Å²) in [6.07, 6.45) is -0.0779. The third-order valence-corrected chi connectivity index (χ3v) is 14.5. The Morgan fingerprint density at radius 1 is 0.929 bits per heavy atom. The second-order valence-electron chi connectivity index (χ2n) is 5.11. The first kappa shape index (κ1) is 27.5. The molecule has 28 heavy (non-hydrogen) atoms. The van der Waals surface area contributed by atoms with Crippen molar-refractivity contribution in [3.05, 3.63) is 10.5 Å². The van der Waals surface area contributed by atoms with Crippen molar-refractivity contribution < 1.29 is 45.9 Å². The van der Waals surface area contributed by atoms with Crippen LogP contribution in [0.2, 0.25) is 0 Å². The van der Waals surface area contributed by atoms with E-state index in [0.29, 0.717) is 5.01 Å². The van der Waals surface area contributed by atoms with E-state index in [0.717, 1.165) is 0 Å². The summed E-state index contributed by atoms with van der Waals surface area (Å²) in [5, 5.41) is 6.38. The van der Waals surface area contributed by atoms with Gasteiger partial charge in [-0.15, -0.1) is 21.5 Å². The fourth-order valence-corrected chi connectivity index (χ4v) is 14.1. The molecule has 1 heterocycles. The molecule has 12 nitrogen and oxygen atoms in total. The number of aromatic nitrogens is 2. The molecule has 0 bridgehead atoms. The van der Waals surface area contributed by atoms with Crippen LogP contribution in [0.5, 0.6) is 0 Å². The Bertz CT molecular complexity index is 610. The van der Waals surface area contributed by atoms with Gasteiger partial charge in [0.05, 0.1) is 0 Å². The SMILES string of the molecule is CP(O)OP(=O)(OP(C)O)C(CCc1nncs1)P(=O)(OP(C)O)OP(C)O. The minimum atomic E-state index is -4.49. The highest BCUT2D eigenvalue weighted by Gasteiger charge is 2.54. The summed E-state index contributed by atoms with van der Waals surface area (Å²) in [4.78, 5) is 38.7. The van der Waals surface area contributed by atoms with E-state index in [4.69, 9.17) is 17.2 Å². The topological polar surface area (TPSA) is 178 Å². The average molecular weight is 536 g/mol. The molecular weight excluding hydrogens is 514 g/mol. The quantitative estimate of drug-likeness (QED) is 0.267. The molecule has 0 spiro atoms. The Hall–Kier alpha value is 1.42. The summed E-state index contributed by atoms with van der Waals surface area (Å²) < 4.78 is 47.3. The zero-order chi connectivity index (χ0) is 21.5. The van der Waals surface area contributed by atoms with Crippen LogP contribution in [0.15, 0.2) is 5.51 Å². The highest BCUT2D eigenvalue weighted by molar-refractivity contribution is 7.82. The van der Waals surface area contributed by atoms with Gasteiger partial charge >= 0.3 is 15.2 Å². The van der Waals surface area contributed by atoms with Crippen LogP contribution < -0.4 is 0 Å². The minimum Gasteiger partial charge on any atom is -0.350 e. The van der Waals surface area contributed by atoms with Gasteiger partial charge in [0.25, 0.3) is 0 Å². The van der Waals surface area contributed by atoms with E-state index in [9.17, 15) is 28.7 Å². The fraction of sp³-hybridized carbons (Fsp3) is 0.778. The lowest BCUT2D eigenvalue weighted by Crippen LogP contribution is -2.15. The van der Waals surface area contributed by atoms with E-state index in [1.54, 1.807) is 0 Å². The van der Waals surface area contributed by atoms with Gasteiger partial charge in [0, 0.05) is 33.1 Å². The molecule has 0 aliphatic heterocycles. The fourth-order valence-electron chi connectivity index (χ4n) is 1.95. The average Bonchev–Trinajstić information content (AvgIpc) is 2.96. The Morgan fingerprint density at radius 3 is 1.61 bits per heavy atom. The maximum atomic E-state index is 13.5. The van der Waals surface area contributed by atoms with Crippen molar-refractivity contribution in [3.8, 4) is 0 Å². The van der Waals surface area contributed by atoms with E-state index < -0.39 is 54.1 Å². The molecular formula is C9H22N2O10P6S. The molecule has 4 N–H and O–H groups in total. The predicted octanol–water partition coefficient (Wildman–Crippen LogP) is 3.99. The summed E-state index contributed by atoms with van der Waals surface area (Å²) in [5.41, 5.74) is 1.47. The van der Waals surface area contributed by atoms with Gasteiger partial charge in [-0.1, -0.05) is 0 Å². The normalized spacial score (nSPS) is 21.9. The number of hydrogen-bond donors (Lipinski definition) is 4. The molecule has 1 rings (SSSR count). The Kier molecular flexibility index (Phi) is 12.2. The molecule has 0 aliphatic carbocycles. The molecule has 0 amide bonds. The van der Waals surface area contributed by atoms with Gasteiger partial charge < -0.3 is 19.6 Å². The first-order valence-electron chi connectivity index (χ1n) is 7.31. The van der Waals surface area contributed by atoms with E-state index >= 15 is 0 Å². The summed E-state index contributed by atoms with van der Waals surface area (Å²) in [7, 11) is -18.0. The van der Waals surface area contributed by atoms with Crippen LogP contribution >= 0.6 is 60.0 Å². The molecule has 0 saturated heterocycles. The number of rotatable bonds is 13. The highest BCUT2D eigenvalue weighted by Crippen LogP contribution is 2.80. The standard InChI is InChI=1S/C9H22N2O10P6S/c1-22(12)18-26(16,19-23(2)13)9(6-5-8-11-10-7-28-8)27(17,20-24(3)14)21-25(4)15/h7,9,12-15H,5-6H2,1-4H3. The van der Waals surface area contributed by atoms with Crippen LogP contribution in [0.3, 0.4) is 0 Å². The smallest absolute Gasteiger partial charge is 0.350 e. The third kappa shape index (κ3) is 9.28. The third-order valence-electron chi connectivity index (χ3n) is 2.68. The highest BCUT2D eigenvalue weighted by atomic mass is 32.1. The Labute approximate surface area is 171 Å². The number of hydrogen-bond acceptors (Lipinski definition) is 13. The minimum absolute atomic E-state index is 0.114. The van der Waals surface area contributed by atoms with Gasteiger partial charge in [0.2, 0.25) is 0 Å². The summed E-state index contributed by atoms with van der Waals surface area (Å²) in [6, 6.07) is 0. The van der Waals surface area contributed by atoms with Crippen molar-refractivity contribution in [1.82, 2.24) is 10.2 Å². The second kappa shape index (κ2) is 12.5. The zero-order valence-corrected chi connectivity index (χ0v) is 21.5.